The van der Waals surface area contributed by atoms with Gasteiger partial charge in [-0.2, -0.15) is 0 Å². The van der Waals surface area contributed by atoms with Crippen LogP contribution in [0.1, 0.15) is 18.4 Å². The lowest BCUT2D eigenvalue weighted by molar-refractivity contribution is -0.127. The number of likely N-dealkylation sites (N-methyl/N-ethyl adjacent to an activating group) is 1. The summed E-state index contributed by atoms with van der Waals surface area (Å²) >= 11 is 12.1. The number of nitrogens with zero attached hydrogens (tertiary/aromatic N) is 3. The van der Waals surface area contributed by atoms with Gasteiger partial charge in [0.25, 0.3) is 0 Å². The van der Waals surface area contributed by atoms with Gasteiger partial charge in [-0.05, 0) is 30.5 Å². The Morgan fingerprint density at radius 3 is 2.63 bits per heavy atom. The van der Waals surface area contributed by atoms with Crippen molar-refractivity contribution < 1.29 is 9.53 Å². The van der Waals surface area contributed by atoms with Crippen LogP contribution in [-0.4, -0.2) is 68.6 Å². The Balaban J connectivity index is 0.00000364. The predicted molar refractivity (Wildman–Crippen MR) is 121 cm³/mol. The van der Waals surface area contributed by atoms with Gasteiger partial charge in [-0.25, -0.2) is 4.99 Å². The number of rotatable bonds is 6. The van der Waals surface area contributed by atoms with Gasteiger partial charge in [0, 0.05) is 40.8 Å². The Bertz CT molecular complexity index is 652. The predicted octanol–water partition coefficient (Wildman–Crippen LogP) is 3.26. The fraction of sp³-hybridized carbons (Fsp3) is 0.556. The van der Waals surface area contributed by atoms with E-state index in [1.807, 2.05) is 24.1 Å². The number of hydrogen-bond acceptors (Lipinski definition) is 3. The molecule has 0 saturated carbocycles. The van der Waals surface area contributed by atoms with Gasteiger partial charge in [0.15, 0.2) is 5.96 Å². The van der Waals surface area contributed by atoms with E-state index >= 15 is 0 Å². The van der Waals surface area contributed by atoms with E-state index in [0.29, 0.717) is 29.1 Å². The molecule has 27 heavy (non-hydrogen) atoms. The zero-order chi connectivity index (χ0) is 19.1. The molecule has 1 fully saturated rings. The smallest absolute Gasteiger partial charge is 0.243 e. The van der Waals surface area contributed by atoms with Crippen molar-refractivity contribution in [1.82, 2.24) is 15.1 Å². The van der Waals surface area contributed by atoms with Crippen molar-refractivity contribution in [1.29, 1.82) is 0 Å². The molecule has 0 aromatic heterocycles. The van der Waals surface area contributed by atoms with E-state index in [-0.39, 0.29) is 42.5 Å². The molecule has 0 bridgehead atoms. The molecular weight excluding hydrogens is 502 g/mol. The van der Waals surface area contributed by atoms with Crippen LogP contribution in [0.5, 0.6) is 0 Å². The highest BCUT2D eigenvalue weighted by atomic mass is 127. The second-order valence-electron chi connectivity index (χ2n) is 6.55. The molecule has 0 spiro atoms. The summed E-state index contributed by atoms with van der Waals surface area (Å²) in [5.41, 5.74) is 1.01. The Kier molecular flexibility index (Phi) is 10.7. The first-order valence-electron chi connectivity index (χ1n) is 8.62. The van der Waals surface area contributed by atoms with Crippen molar-refractivity contribution in [2.45, 2.75) is 25.5 Å². The molecule has 1 aromatic carbocycles. The molecule has 1 aliphatic heterocycles. The molecule has 2 rings (SSSR count). The molecule has 1 unspecified atom stereocenters. The largest absolute Gasteiger partial charge is 0.376 e. The molecule has 152 valence electrons. The molecule has 1 amide bonds. The van der Waals surface area contributed by atoms with E-state index in [2.05, 4.69) is 10.3 Å². The molecule has 9 heteroatoms. The van der Waals surface area contributed by atoms with Crippen LogP contribution in [-0.2, 0) is 16.1 Å². The van der Waals surface area contributed by atoms with E-state index in [0.717, 1.165) is 25.0 Å². The van der Waals surface area contributed by atoms with E-state index in [1.54, 1.807) is 20.2 Å². The van der Waals surface area contributed by atoms with Crippen molar-refractivity contribution in [3.63, 3.8) is 0 Å². The Labute approximate surface area is 188 Å². The topological polar surface area (TPSA) is 57.2 Å². The number of guanidine groups is 1. The molecule has 1 aromatic rings. The van der Waals surface area contributed by atoms with Crippen LogP contribution in [0.15, 0.2) is 23.2 Å². The quantitative estimate of drug-likeness (QED) is 0.350. The fourth-order valence-electron chi connectivity index (χ4n) is 2.59. The summed E-state index contributed by atoms with van der Waals surface area (Å²) in [5.74, 6) is 0.603. The Morgan fingerprint density at radius 2 is 2.04 bits per heavy atom. The minimum absolute atomic E-state index is 0. The van der Waals surface area contributed by atoms with Crippen LogP contribution >= 0.6 is 47.2 Å². The zero-order valence-corrected chi connectivity index (χ0v) is 19.7. The average Bonchev–Trinajstić information content (AvgIpc) is 3.11. The minimum atomic E-state index is -0.0515. The third-order valence-electron chi connectivity index (χ3n) is 4.14. The number of hydrogen-bond donors (Lipinski definition) is 1. The van der Waals surface area contributed by atoms with Gasteiger partial charge >= 0.3 is 0 Å². The maximum absolute atomic E-state index is 11.9. The van der Waals surface area contributed by atoms with E-state index < -0.39 is 0 Å². The van der Waals surface area contributed by atoms with Crippen LogP contribution in [0.3, 0.4) is 0 Å². The van der Waals surface area contributed by atoms with Gasteiger partial charge < -0.3 is 19.9 Å². The third-order valence-corrected chi connectivity index (χ3v) is 4.88. The van der Waals surface area contributed by atoms with Crippen molar-refractivity contribution in [2.24, 2.45) is 4.99 Å². The first-order chi connectivity index (χ1) is 12.4. The maximum Gasteiger partial charge on any atom is 0.243 e. The number of carbonyl (C=O) groups excluding carboxylic acids is 1. The number of halogens is 3. The summed E-state index contributed by atoms with van der Waals surface area (Å²) in [7, 11) is 5.36. The summed E-state index contributed by atoms with van der Waals surface area (Å²) in [6.07, 6.45) is 2.30. The highest BCUT2D eigenvalue weighted by Crippen LogP contribution is 2.23. The lowest BCUT2D eigenvalue weighted by atomic mass is 10.2. The van der Waals surface area contributed by atoms with Gasteiger partial charge in [0.1, 0.15) is 6.54 Å². The van der Waals surface area contributed by atoms with Crippen LogP contribution in [0.4, 0.5) is 0 Å². The highest BCUT2D eigenvalue weighted by molar-refractivity contribution is 14.0. The molecule has 1 saturated heterocycles. The van der Waals surface area contributed by atoms with Crippen LogP contribution in [0, 0.1) is 0 Å². The van der Waals surface area contributed by atoms with E-state index in [9.17, 15) is 4.79 Å². The van der Waals surface area contributed by atoms with Gasteiger partial charge in [0.05, 0.1) is 16.1 Å². The summed E-state index contributed by atoms with van der Waals surface area (Å²) in [5, 5.41) is 4.37. The number of nitrogens with one attached hydrogen (secondary N) is 1. The molecule has 1 aliphatic rings. The van der Waals surface area contributed by atoms with E-state index in [1.165, 1.54) is 4.90 Å². The van der Waals surface area contributed by atoms with Gasteiger partial charge in [0.2, 0.25) is 5.91 Å². The summed E-state index contributed by atoms with van der Waals surface area (Å²) < 4.78 is 5.65. The standard InChI is InChI=1S/C18H26Cl2N4O2.HI/c1-23(2)17(25)11-22-18(21-10-14-5-4-8-26-14)24(3)12-13-6-7-15(19)16(20)9-13;/h6-7,9,14H,4-5,8,10-12H2,1-3H3,(H,21,22);1H. The number of amides is 1. The second kappa shape index (κ2) is 11.9. The third kappa shape index (κ3) is 8.01. The number of benzene rings is 1. The fourth-order valence-corrected chi connectivity index (χ4v) is 2.91. The van der Waals surface area contributed by atoms with Crippen molar-refractivity contribution in [3.05, 3.63) is 33.8 Å². The van der Waals surface area contributed by atoms with Crippen molar-refractivity contribution >= 4 is 59.0 Å². The molecular formula is C18H27Cl2IN4O2. The van der Waals surface area contributed by atoms with Gasteiger partial charge in [-0.1, -0.05) is 29.3 Å². The van der Waals surface area contributed by atoms with Crippen molar-refractivity contribution in [2.75, 3.05) is 40.8 Å². The van der Waals surface area contributed by atoms with E-state index in [4.69, 9.17) is 27.9 Å². The maximum atomic E-state index is 11.9. The van der Waals surface area contributed by atoms with Crippen LogP contribution in [0.2, 0.25) is 10.0 Å². The molecule has 1 atom stereocenters. The lowest BCUT2D eigenvalue weighted by Gasteiger charge is -2.24. The van der Waals surface area contributed by atoms with Crippen LogP contribution in [0.25, 0.3) is 0 Å². The lowest BCUT2D eigenvalue weighted by Crippen LogP contribution is -2.42. The summed E-state index contributed by atoms with van der Waals surface area (Å²) in [4.78, 5) is 19.8. The van der Waals surface area contributed by atoms with Crippen molar-refractivity contribution in [3.8, 4) is 0 Å². The Hall–Kier alpha value is -0.770. The monoisotopic (exact) mass is 528 g/mol. The first kappa shape index (κ1) is 24.3. The summed E-state index contributed by atoms with van der Waals surface area (Å²) in [6.45, 7) is 2.15. The number of aliphatic imine (C=N–C) groups is 1. The molecule has 0 aliphatic carbocycles. The zero-order valence-electron chi connectivity index (χ0n) is 15.9. The average molecular weight is 529 g/mol. The molecule has 1 heterocycles. The van der Waals surface area contributed by atoms with Crippen LogP contribution < -0.4 is 5.32 Å². The van der Waals surface area contributed by atoms with Gasteiger partial charge in [-0.3, -0.25) is 4.79 Å². The minimum Gasteiger partial charge on any atom is -0.376 e. The second-order valence-corrected chi connectivity index (χ2v) is 7.36. The number of carbonyl (C=O) groups is 1. The van der Waals surface area contributed by atoms with Gasteiger partial charge in [-0.15, -0.1) is 24.0 Å². The Morgan fingerprint density at radius 1 is 1.30 bits per heavy atom. The molecule has 1 N–H and O–H groups in total. The first-order valence-corrected chi connectivity index (χ1v) is 9.37. The number of ether oxygens (including phenoxy) is 1. The molecule has 6 nitrogen and oxygen atoms in total. The normalized spacial score (nSPS) is 16.6. The highest BCUT2D eigenvalue weighted by Gasteiger charge is 2.17. The summed E-state index contributed by atoms with van der Waals surface area (Å²) in [6, 6.07) is 5.54. The SMILES string of the molecule is CN(C)C(=O)CN=C(NCC1CCCO1)N(C)Cc1ccc(Cl)c(Cl)c1.I. The molecule has 0 radical (unpaired) electrons.